The number of rotatable bonds is 11. The van der Waals surface area contributed by atoms with Crippen molar-refractivity contribution in [3.8, 4) is 0 Å². The summed E-state index contributed by atoms with van der Waals surface area (Å²) in [6.07, 6.45) is 3.40. The number of anilines is 1. The molecule has 0 radical (unpaired) electrons. The molecule has 0 spiro atoms. The Balaban J connectivity index is 1.30. The summed E-state index contributed by atoms with van der Waals surface area (Å²) < 4.78 is 41.9. The number of carbonyl (C=O) groups excluding carboxylic acids is 1. The van der Waals surface area contributed by atoms with E-state index >= 15 is 0 Å². The lowest BCUT2D eigenvalue weighted by Crippen LogP contribution is -2.57. The molecule has 1 unspecified atom stereocenters. The number of fused-ring (bicyclic) bond motifs is 2. The Morgan fingerprint density at radius 2 is 1.95 bits per heavy atom. The van der Waals surface area contributed by atoms with Gasteiger partial charge in [0.05, 0.1) is 17.9 Å². The summed E-state index contributed by atoms with van der Waals surface area (Å²) in [7, 11) is -3.34. The Labute approximate surface area is 235 Å². The average Bonchev–Trinajstić information content (AvgIpc) is 3.02. The minimum atomic E-state index is -3.34. The second-order valence-electron chi connectivity index (χ2n) is 10.6. The van der Waals surface area contributed by atoms with Gasteiger partial charge in [-0.2, -0.15) is 4.31 Å². The summed E-state index contributed by atoms with van der Waals surface area (Å²) in [5, 5.41) is 17.2. The average molecular weight is 581 g/mol. The Bertz CT molecular complexity index is 1230. The first-order chi connectivity index (χ1) is 18.6. The summed E-state index contributed by atoms with van der Waals surface area (Å²) in [6, 6.07) is 10.9. The van der Waals surface area contributed by atoms with E-state index in [1.165, 1.54) is 12.1 Å². The van der Waals surface area contributed by atoms with Crippen LogP contribution in [0.15, 0.2) is 42.5 Å². The smallest absolute Gasteiger partial charge is 0.241 e. The zero-order valence-corrected chi connectivity index (χ0v) is 23.6. The van der Waals surface area contributed by atoms with Crippen molar-refractivity contribution in [2.45, 2.75) is 75.6 Å². The molecule has 2 fully saturated rings. The third-order valence-electron chi connectivity index (χ3n) is 7.69. The van der Waals surface area contributed by atoms with Gasteiger partial charge in [-0.25, -0.2) is 12.8 Å². The molecule has 39 heavy (non-hydrogen) atoms. The first-order valence-electron chi connectivity index (χ1n) is 13.6. The molecule has 0 aromatic heterocycles. The number of nitrogens with two attached hydrogens (primary N) is 1. The molecule has 5 atom stereocenters. The van der Waals surface area contributed by atoms with E-state index in [0.29, 0.717) is 61.5 Å². The Morgan fingerprint density at radius 1 is 1.18 bits per heavy atom. The molecule has 0 aliphatic carbocycles. The van der Waals surface area contributed by atoms with Crippen molar-refractivity contribution in [1.29, 1.82) is 0 Å². The fourth-order valence-corrected chi connectivity index (χ4v) is 7.28. The van der Waals surface area contributed by atoms with Crippen LogP contribution in [0.1, 0.15) is 49.7 Å². The van der Waals surface area contributed by atoms with Gasteiger partial charge >= 0.3 is 0 Å². The minimum absolute atomic E-state index is 0.135. The summed E-state index contributed by atoms with van der Waals surface area (Å²) >= 11 is 5.90. The van der Waals surface area contributed by atoms with Crippen LogP contribution in [0.5, 0.6) is 0 Å². The zero-order valence-electron chi connectivity index (χ0n) is 22.0. The van der Waals surface area contributed by atoms with Gasteiger partial charge in [-0.3, -0.25) is 4.79 Å². The standard InChI is InChI=1S/C28H38ClFN4O4S/c29-20-9-6-19(7-10-20)8-12-23(35)13-15-26(31)28(36)33-27-5-1-4-25(30)24(27)14-11-22-17-32-21-3-2-16-39(37,38)34(22)18-21/h1,4-7,9-10,21-23,26,32,35H,2-3,8,11-18,31H2,(H,33,36)/t21-,22+,23+,26+/m1/s1. The quantitative estimate of drug-likeness (QED) is 0.323. The van der Waals surface area contributed by atoms with Crippen LogP contribution in [-0.4, -0.2) is 66.8 Å². The Hall–Kier alpha value is -2.08. The lowest BCUT2D eigenvalue weighted by atomic mass is 9.99. The number of carbonyl (C=O) groups is 1. The van der Waals surface area contributed by atoms with Crippen LogP contribution in [-0.2, 0) is 27.7 Å². The molecule has 2 aliphatic heterocycles. The summed E-state index contributed by atoms with van der Waals surface area (Å²) in [5.74, 6) is -0.778. The molecule has 11 heteroatoms. The number of aliphatic hydroxyl groups is 1. The second kappa shape index (κ2) is 13.5. The third-order valence-corrected chi connectivity index (χ3v) is 9.91. The molecule has 2 aliphatic rings. The van der Waals surface area contributed by atoms with Crippen LogP contribution >= 0.6 is 11.6 Å². The molecule has 2 aromatic rings. The van der Waals surface area contributed by atoms with Gasteiger partial charge in [0.2, 0.25) is 15.9 Å². The van der Waals surface area contributed by atoms with E-state index in [-0.39, 0.29) is 30.7 Å². The molecular formula is C28H38ClFN4O4S. The maximum atomic E-state index is 14.9. The van der Waals surface area contributed by atoms with Gasteiger partial charge in [0.1, 0.15) is 5.82 Å². The number of hydrogen-bond donors (Lipinski definition) is 4. The van der Waals surface area contributed by atoms with E-state index in [9.17, 15) is 22.7 Å². The van der Waals surface area contributed by atoms with E-state index in [0.717, 1.165) is 12.0 Å². The highest BCUT2D eigenvalue weighted by atomic mass is 35.5. The van der Waals surface area contributed by atoms with Crippen LogP contribution in [0.3, 0.4) is 0 Å². The second-order valence-corrected chi connectivity index (χ2v) is 13.1. The van der Waals surface area contributed by atoms with Gasteiger partial charge < -0.3 is 21.5 Å². The van der Waals surface area contributed by atoms with Crippen LogP contribution in [0.25, 0.3) is 0 Å². The Morgan fingerprint density at radius 3 is 2.72 bits per heavy atom. The predicted molar refractivity (Wildman–Crippen MR) is 152 cm³/mol. The first-order valence-corrected chi connectivity index (χ1v) is 15.6. The van der Waals surface area contributed by atoms with Crippen LogP contribution in [0, 0.1) is 5.82 Å². The number of sulfonamides is 1. The maximum absolute atomic E-state index is 14.9. The monoisotopic (exact) mass is 580 g/mol. The van der Waals surface area contributed by atoms with Gasteiger partial charge in [-0.05, 0) is 81.2 Å². The molecule has 2 heterocycles. The van der Waals surface area contributed by atoms with Crippen molar-refractivity contribution in [2.24, 2.45) is 5.73 Å². The van der Waals surface area contributed by atoms with Crippen molar-refractivity contribution in [3.05, 3.63) is 64.4 Å². The summed E-state index contributed by atoms with van der Waals surface area (Å²) in [5.41, 5.74) is 7.83. The van der Waals surface area contributed by atoms with Crippen molar-refractivity contribution >= 4 is 33.2 Å². The number of nitrogens with zero attached hydrogens (tertiary/aromatic N) is 1. The van der Waals surface area contributed by atoms with Crippen LogP contribution in [0.4, 0.5) is 10.1 Å². The highest BCUT2D eigenvalue weighted by Gasteiger charge is 2.38. The van der Waals surface area contributed by atoms with Crippen molar-refractivity contribution in [3.63, 3.8) is 0 Å². The highest BCUT2D eigenvalue weighted by Crippen LogP contribution is 2.27. The lowest BCUT2D eigenvalue weighted by Gasteiger charge is -2.37. The minimum Gasteiger partial charge on any atom is -0.393 e. The molecule has 4 rings (SSSR count). The fraction of sp³-hybridized carbons (Fsp3) is 0.536. The largest absolute Gasteiger partial charge is 0.393 e. The molecule has 2 saturated heterocycles. The molecule has 2 aromatic carbocycles. The van der Waals surface area contributed by atoms with Crippen molar-refractivity contribution < 1.29 is 22.7 Å². The first kappa shape index (κ1) is 29.9. The van der Waals surface area contributed by atoms with E-state index in [4.69, 9.17) is 17.3 Å². The maximum Gasteiger partial charge on any atom is 0.241 e. The SMILES string of the molecule is N[C@@H](CC[C@@H](O)CCc1ccc(Cl)cc1)C(=O)Nc1cccc(F)c1CC[C@H]1CN[C@@H]2CCCS(=O)(=O)N1C2. The summed E-state index contributed by atoms with van der Waals surface area (Å²) in [6.45, 7) is 0.958. The van der Waals surface area contributed by atoms with Gasteiger partial charge in [0.25, 0.3) is 0 Å². The molecule has 2 bridgehead atoms. The topological polar surface area (TPSA) is 125 Å². The van der Waals surface area contributed by atoms with Crippen molar-refractivity contribution in [1.82, 2.24) is 9.62 Å². The summed E-state index contributed by atoms with van der Waals surface area (Å²) in [4.78, 5) is 12.8. The third kappa shape index (κ3) is 8.22. The lowest BCUT2D eigenvalue weighted by molar-refractivity contribution is -0.117. The number of aliphatic hydroxyl groups excluding tert-OH is 1. The number of piperazine rings is 1. The molecule has 1 amide bonds. The van der Waals surface area contributed by atoms with Crippen LogP contribution < -0.4 is 16.4 Å². The number of hydrogen-bond acceptors (Lipinski definition) is 6. The number of nitrogens with one attached hydrogen (secondary N) is 2. The van der Waals surface area contributed by atoms with E-state index < -0.39 is 33.9 Å². The van der Waals surface area contributed by atoms with E-state index in [1.807, 2.05) is 24.3 Å². The number of aryl methyl sites for hydroxylation is 1. The molecular weight excluding hydrogens is 543 g/mol. The van der Waals surface area contributed by atoms with Gasteiger partial charge in [0, 0.05) is 41.4 Å². The van der Waals surface area contributed by atoms with Crippen LogP contribution in [0.2, 0.25) is 5.02 Å². The van der Waals surface area contributed by atoms with Gasteiger partial charge in [-0.15, -0.1) is 0 Å². The predicted octanol–water partition coefficient (Wildman–Crippen LogP) is 3.22. The highest BCUT2D eigenvalue weighted by molar-refractivity contribution is 7.89. The number of benzene rings is 2. The molecule has 0 saturated carbocycles. The normalized spacial score (nSPS) is 23.9. The number of amides is 1. The zero-order chi connectivity index (χ0) is 28.0. The Kier molecular flexibility index (Phi) is 10.4. The fourth-order valence-electron chi connectivity index (χ4n) is 5.34. The number of halogens is 2. The van der Waals surface area contributed by atoms with E-state index in [1.54, 1.807) is 10.4 Å². The van der Waals surface area contributed by atoms with Crippen molar-refractivity contribution in [2.75, 3.05) is 24.2 Å². The molecule has 214 valence electrons. The van der Waals surface area contributed by atoms with E-state index in [2.05, 4.69) is 10.6 Å². The molecule has 8 nitrogen and oxygen atoms in total. The molecule has 5 N–H and O–H groups in total. The van der Waals surface area contributed by atoms with Gasteiger partial charge in [-0.1, -0.05) is 29.8 Å². The van der Waals surface area contributed by atoms with Gasteiger partial charge in [0.15, 0.2) is 0 Å².